The summed E-state index contributed by atoms with van der Waals surface area (Å²) >= 11 is 0. The summed E-state index contributed by atoms with van der Waals surface area (Å²) in [6, 6.07) is 9.81. The van der Waals surface area contributed by atoms with E-state index in [-0.39, 0.29) is 5.69 Å². The maximum Gasteiger partial charge on any atom is 0.267 e. The Morgan fingerprint density at radius 2 is 1.73 bits per heavy atom. The second kappa shape index (κ2) is 7.02. The minimum atomic E-state index is -0.540. The van der Waals surface area contributed by atoms with Gasteiger partial charge in [-0.1, -0.05) is 31.2 Å². The Morgan fingerprint density at radius 3 is 2.23 bits per heavy atom. The summed E-state index contributed by atoms with van der Waals surface area (Å²) in [5.74, 6) is -0.00176. The van der Waals surface area contributed by atoms with Crippen molar-refractivity contribution >= 4 is 11.9 Å². The largest absolute Gasteiger partial charge is 0.364 e. The Morgan fingerprint density at radius 1 is 1.09 bits per heavy atom. The quantitative estimate of drug-likeness (QED) is 0.890. The number of benzene rings is 1. The minimum Gasteiger partial charge on any atom is -0.364 e. The lowest BCUT2D eigenvalue weighted by Gasteiger charge is -2.19. The molecule has 0 saturated carbocycles. The standard InChI is InChI=1S/C17H22N4O/c1-4-12-7-9-13(10-8-12)14-11-15(16(18)22)20-17(19-14)21(5-2)6-3/h7-11H,4-6H2,1-3H3,(H2,18,22). The molecule has 0 aliphatic carbocycles. The molecule has 116 valence electrons. The Balaban J connectivity index is 2.51. The first-order chi connectivity index (χ1) is 10.6. The van der Waals surface area contributed by atoms with Crippen molar-refractivity contribution in [2.45, 2.75) is 27.2 Å². The molecule has 5 heteroatoms. The van der Waals surface area contributed by atoms with Crippen LogP contribution < -0.4 is 10.6 Å². The first-order valence-corrected chi connectivity index (χ1v) is 7.62. The van der Waals surface area contributed by atoms with Crippen LogP contribution in [0, 0.1) is 0 Å². The number of hydrogen-bond donors (Lipinski definition) is 1. The van der Waals surface area contributed by atoms with E-state index in [1.165, 1.54) is 5.56 Å². The van der Waals surface area contributed by atoms with Gasteiger partial charge in [0.2, 0.25) is 5.95 Å². The second-order valence-corrected chi connectivity index (χ2v) is 5.03. The van der Waals surface area contributed by atoms with E-state index >= 15 is 0 Å². The van der Waals surface area contributed by atoms with Gasteiger partial charge >= 0.3 is 0 Å². The third-order valence-electron chi connectivity index (χ3n) is 3.67. The number of rotatable bonds is 6. The molecule has 1 aromatic carbocycles. The molecule has 0 aliphatic heterocycles. The van der Waals surface area contributed by atoms with Gasteiger partial charge in [0, 0.05) is 18.7 Å². The van der Waals surface area contributed by atoms with Gasteiger partial charge in [0.15, 0.2) is 0 Å². The Kier molecular flexibility index (Phi) is 5.09. The summed E-state index contributed by atoms with van der Waals surface area (Å²) in [5.41, 5.74) is 8.58. The highest BCUT2D eigenvalue weighted by Gasteiger charge is 2.13. The molecule has 0 radical (unpaired) electrons. The van der Waals surface area contributed by atoms with Crippen molar-refractivity contribution in [2.75, 3.05) is 18.0 Å². The molecular weight excluding hydrogens is 276 g/mol. The monoisotopic (exact) mass is 298 g/mol. The van der Waals surface area contributed by atoms with Gasteiger partial charge in [-0.3, -0.25) is 4.79 Å². The number of nitrogens with two attached hydrogens (primary N) is 1. The SMILES string of the molecule is CCc1ccc(-c2cc(C(N)=O)nc(N(CC)CC)n2)cc1. The molecule has 0 spiro atoms. The van der Waals surface area contributed by atoms with Gasteiger partial charge in [-0.05, 0) is 31.9 Å². The van der Waals surface area contributed by atoms with E-state index in [9.17, 15) is 4.79 Å². The number of carbonyl (C=O) groups excluding carboxylic acids is 1. The van der Waals surface area contributed by atoms with Crippen molar-refractivity contribution in [3.05, 3.63) is 41.6 Å². The minimum absolute atomic E-state index is 0.242. The number of carbonyl (C=O) groups is 1. The van der Waals surface area contributed by atoms with E-state index in [0.29, 0.717) is 11.6 Å². The second-order valence-electron chi connectivity index (χ2n) is 5.03. The van der Waals surface area contributed by atoms with Crippen LogP contribution in [0.15, 0.2) is 30.3 Å². The van der Waals surface area contributed by atoms with Crippen LogP contribution in [0.4, 0.5) is 5.95 Å². The maximum atomic E-state index is 11.5. The number of aromatic nitrogens is 2. The lowest BCUT2D eigenvalue weighted by atomic mass is 10.1. The Labute approximate surface area is 131 Å². The predicted octanol–water partition coefficient (Wildman–Crippen LogP) is 2.65. The number of primary amides is 1. The van der Waals surface area contributed by atoms with Crippen LogP contribution in [0.3, 0.4) is 0 Å². The molecule has 0 aliphatic rings. The van der Waals surface area contributed by atoms with Gasteiger partial charge in [0.1, 0.15) is 5.69 Å². The molecule has 0 bridgehead atoms. The van der Waals surface area contributed by atoms with Gasteiger partial charge in [0.05, 0.1) is 5.69 Å². The van der Waals surface area contributed by atoms with E-state index in [1.54, 1.807) is 6.07 Å². The normalized spacial score (nSPS) is 10.5. The topological polar surface area (TPSA) is 72.1 Å². The van der Waals surface area contributed by atoms with Crippen molar-refractivity contribution in [2.24, 2.45) is 5.73 Å². The zero-order chi connectivity index (χ0) is 16.1. The zero-order valence-corrected chi connectivity index (χ0v) is 13.3. The summed E-state index contributed by atoms with van der Waals surface area (Å²) in [6.07, 6.45) is 0.987. The number of nitrogens with zero attached hydrogens (tertiary/aromatic N) is 3. The predicted molar refractivity (Wildman–Crippen MR) is 88.9 cm³/mol. The zero-order valence-electron chi connectivity index (χ0n) is 13.3. The highest BCUT2D eigenvalue weighted by molar-refractivity contribution is 5.92. The first kappa shape index (κ1) is 15.9. The molecule has 2 N–H and O–H groups in total. The Hall–Kier alpha value is -2.43. The average molecular weight is 298 g/mol. The summed E-state index contributed by atoms with van der Waals surface area (Å²) in [5, 5.41) is 0. The van der Waals surface area contributed by atoms with Gasteiger partial charge in [-0.25, -0.2) is 9.97 Å². The number of aryl methyl sites for hydroxylation is 1. The number of anilines is 1. The molecule has 2 aromatic rings. The fourth-order valence-corrected chi connectivity index (χ4v) is 2.27. The number of amides is 1. The molecular formula is C17H22N4O. The van der Waals surface area contributed by atoms with E-state index in [2.05, 4.69) is 29.0 Å². The van der Waals surface area contributed by atoms with Gasteiger partial charge in [-0.2, -0.15) is 0 Å². The summed E-state index contributed by atoms with van der Waals surface area (Å²) in [4.78, 5) is 22.4. The summed E-state index contributed by atoms with van der Waals surface area (Å²) < 4.78 is 0. The first-order valence-electron chi connectivity index (χ1n) is 7.62. The maximum absolute atomic E-state index is 11.5. The molecule has 0 fully saturated rings. The van der Waals surface area contributed by atoms with Crippen LogP contribution in [-0.2, 0) is 6.42 Å². The van der Waals surface area contributed by atoms with Gasteiger partial charge in [0.25, 0.3) is 5.91 Å². The van der Waals surface area contributed by atoms with Crippen LogP contribution in [0.25, 0.3) is 11.3 Å². The highest BCUT2D eigenvalue weighted by Crippen LogP contribution is 2.21. The Bertz CT molecular complexity index is 648. The molecule has 5 nitrogen and oxygen atoms in total. The van der Waals surface area contributed by atoms with Crippen LogP contribution in [0.2, 0.25) is 0 Å². The molecule has 2 rings (SSSR count). The summed E-state index contributed by atoms with van der Waals surface area (Å²) in [7, 11) is 0. The van der Waals surface area contributed by atoms with E-state index in [1.807, 2.05) is 30.9 Å². The van der Waals surface area contributed by atoms with Crippen molar-refractivity contribution in [3.8, 4) is 11.3 Å². The molecule has 0 atom stereocenters. The number of hydrogen-bond acceptors (Lipinski definition) is 4. The van der Waals surface area contributed by atoms with Crippen molar-refractivity contribution in [3.63, 3.8) is 0 Å². The van der Waals surface area contributed by atoms with Crippen LogP contribution in [0.5, 0.6) is 0 Å². The van der Waals surface area contributed by atoms with Crippen LogP contribution in [0.1, 0.15) is 36.8 Å². The third kappa shape index (κ3) is 3.42. The van der Waals surface area contributed by atoms with E-state index in [4.69, 9.17) is 5.73 Å². The van der Waals surface area contributed by atoms with E-state index < -0.39 is 5.91 Å². The summed E-state index contributed by atoms with van der Waals surface area (Å²) in [6.45, 7) is 7.71. The molecule has 0 unspecified atom stereocenters. The molecule has 1 heterocycles. The van der Waals surface area contributed by atoms with Crippen molar-refractivity contribution in [1.29, 1.82) is 0 Å². The highest BCUT2D eigenvalue weighted by atomic mass is 16.1. The lowest BCUT2D eigenvalue weighted by Crippen LogP contribution is -2.26. The molecule has 1 aromatic heterocycles. The van der Waals surface area contributed by atoms with Crippen molar-refractivity contribution in [1.82, 2.24) is 9.97 Å². The fourth-order valence-electron chi connectivity index (χ4n) is 2.27. The van der Waals surface area contributed by atoms with Crippen LogP contribution in [-0.4, -0.2) is 29.0 Å². The van der Waals surface area contributed by atoms with Crippen LogP contribution >= 0.6 is 0 Å². The van der Waals surface area contributed by atoms with Gasteiger partial charge in [-0.15, -0.1) is 0 Å². The van der Waals surface area contributed by atoms with E-state index in [0.717, 1.165) is 25.1 Å². The molecule has 0 saturated heterocycles. The smallest absolute Gasteiger partial charge is 0.267 e. The third-order valence-corrected chi connectivity index (χ3v) is 3.67. The van der Waals surface area contributed by atoms with Gasteiger partial charge < -0.3 is 10.6 Å². The molecule has 22 heavy (non-hydrogen) atoms. The lowest BCUT2D eigenvalue weighted by molar-refractivity contribution is 0.0995. The fraction of sp³-hybridized carbons (Fsp3) is 0.353. The average Bonchev–Trinajstić information content (AvgIpc) is 2.56. The van der Waals surface area contributed by atoms with Crippen molar-refractivity contribution < 1.29 is 4.79 Å². The molecule has 1 amide bonds.